The second kappa shape index (κ2) is 8.66. The molecule has 0 radical (unpaired) electrons. The lowest BCUT2D eigenvalue weighted by molar-refractivity contribution is -0.129. The van der Waals surface area contributed by atoms with E-state index in [1.54, 1.807) is 9.80 Å². The summed E-state index contributed by atoms with van der Waals surface area (Å²) in [4.78, 5) is 17.0. The minimum atomic E-state index is -0.616. The number of benzene rings is 1. The van der Waals surface area contributed by atoms with E-state index < -0.39 is 11.6 Å². The molecule has 0 saturated carbocycles. The van der Waals surface area contributed by atoms with E-state index in [1.807, 2.05) is 0 Å². The largest absolute Gasteiger partial charge is 0.492 e. The molecule has 2 saturated heterocycles. The Hall–Kier alpha value is -1.89. The summed E-state index contributed by atoms with van der Waals surface area (Å²) < 4.78 is 34.5. The van der Waals surface area contributed by atoms with Crippen molar-refractivity contribution in [2.75, 3.05) is 57.3 Å². The Bertz CT molecular complexity index is 604. The van der Waals surface area contributed by atoms with Crippen molar-refractivity contribution in [3.05, 3.63) is 23.8 Å². The van der Waals surface area contributed by atoms with Crippen molar-refractivity contribution in [1.29, 1.82) is 0 Å². The Balaban J connectivity index is 1.57. The monoisotopic (exact) mass is 367 g/mol. The molecule has 2 fully saturated rings. The van der Waals surface area contributed by atoms with Crippen molar-refractivity contribution in [3.63, 3.8) is 0 Å². The van der Waals surface area contributed by atoms with Crippen molar-refractivity contribution < 1.29 is 18.3 Å². The predicted octanol–water partition coefficient (Wildman–Crippen LogP) is 2.50. The maximum absolute atomic E-state index is 14.5. The number of amides is 1. The van der Waals surface area contributed by atoms with Crippen LogP contribution in [-0.2, 0) is 4.79 Å². The summed E-state index contributed by atoms with van der Waals surface area (Å²) in [6.07, 6.45) is 3.68. The molecule has 0 spiro atoms. The summed E-state index contributed by atoms with van der Waals surface area (Å²) in [6, 6.07) is 2.51. The molecule has 0 aliphatic carbocycles. The van der Waals surface area contributed by atoms with Crippen LogP contribution in [0.1, 0.15) is 26.2 Å². The van der Waals surface area contributed by atoms with Gasteiger partial charge in [-0.15, -0.1) is 0 Å². The van der Waals surface area contributed by atoms with Crippen molar-refractivity contribution in [3.8, 4) is 5.75 Å². The Morgan fingerprint density at radius 2 is 1.62 bits per heavy atom. The van der Waals surface area contributed by atoms with Gasteiger partial charge >= 0.3 is 0 Å². The number of hydrogen-bond donors (Lipinski definition) is 0. The first kappa shape index (κ1) is 18.9. The molecule has 7 heteroatoms. The van der Waals surface area contributed by atoms with Crippen molar-refractivity contribution >= 4 is 11.6 Å². The zero-order valence-corrected chi connectivity index (χ0v) is 15.3. The number of ether oxygens (including phenoxy) is 1. The number of likely N-dealkylation sites (tertiary alicyclic amines) is 1. The number of halogens is 2. The van der Waals surface area contributed by atoms with E-state index in [2.05, 4.69) is 4.90 Å². The minimum Gasteiger partial charge on any atom is -0.492 e. The fourth-order valence-electron chi connectivity index (χ4n) is 3.65. The summed E-state index contributed by atoms with van der Waals surface area (Å²) in [6.45, 7) is 6.63. The molecule has 5 nitrogen and oxygen atoms in total. The maximum Gasteiger partial charge on any atom is 0.219 e. The van der Waals surface area contributed by atoms with E-state index in [9.17, 15) is 13.6 Å². The van der Waals surface area contributed by atoms with Gasteiger partial charge in [0.1, 0.15) is 18.0 Å². The fourth-order valence-corrected chi connectivity index (χ4v) is 3.65. The molecule has 2 aliphatic heterocycles. The van der Waals surface area contributed by atoms with Gasteiger partial charge < -0.3 is 14.5 Å². The number of piperidine rings is 1. The van der Waals surface area contributed by atoms with Gasteiger partial charge in [0.25, 0.3) is 0 Å². The zero-order valence-electron chi connectivity index (χ0n) is 15.3. The molecule has 1 aromatic carbocycles. The molecular weight excluding hydrogens is 340 g/mol. The van der Waals surface area contributed by atoms with Crippen LogP contribution in [0.15, 0.2) is 12.1 Å². The minimum absolute atomic E-state index is 0.0111. The lowest BCUT2D eigenvalue weighted by atomic mass is 10.1. The van der Waals surface area contributed by atoms with Crippen LogP contribution in [0.4, 0.5) is 14.5 Å². The number of carbonyl (C=O) groups excluding carboxylic acids is 1. The van der Waals surface area contributed by atoms with Gasteiger partial charge in [0.2, 0.25) is 5.91 Å². The third kappa shape index (κ3) is 4.63. The first-order valence-electron chi connectivity index (χ1n) is 9.39. The van der Waals surface area contributed by atoms with Gasteiger partial charge in [-0.25, -0.2) is 8.78 Å². The van der Waals surface area contributed by atoms with Crippen LogP contribution in [0.25, 0.3) is 0 Å². The zero-order chi connectivity index (χ0) is 18.5. The molecule has 0 N–H and O–H groups in total. The lowest BCUT2D eigenvalue weighted by Crippen LogP contribution is -2.48. The van der Waals surface area contributed by atoms with E-state index in [1.165, 1.54) is 38.3 Å². The molecule has 1 amide bonds. The van der Waals surface area contributed by atoms with Crippen molar-refractivity contribution in [2.45, 2.75) is 26.2 Å². The quantitative estimate of drug-likeness (QED) is 0.801. The van der Waals surface area contributed by atoms with E-state index in [4.69, 9.17) is 4.74 Å². The second-order valence-corrected chi connectivity index (χ2v) is 6.98. The highest BCUT2D eigenvalue weighted by Gasteiger charge is 2.24. The number of piperazine rings is 1. The topological polar surface area (TPSA) is 36.0 Å². The molecule has 3 rings (SSSR count). The highest BCUT2D eigenvalue weighted by atomic mass is 19.1. The smallest absolute Gasteiger partial charge is 0.219 e. The van der Waals surface area contributed by atoms with Gasteiger partial charge in [-0.2, -0.15) is 0 Å². The van der Waals surface area contributed by atoms with Crippen molar-refractivity contribution in [2.24, 2.45) is 0 Å². The fraction of sp³-hybridized carbons (Fsp3) is 0.632. The number of carbonyl (C=O) groups is 1. The molecule has 0 aromatic heterocycles. The molecule has 1 aromatic rings. The normalized spacial score (nSPS) is 18.9. The molecule has 2 aliphatic rings. The number of hydrogen-bond acceptors (Lipinski definition) is 4. The predicted molar refractivity (Wildman–Crippen MR) is 96.6 cm³/mol. The summed E-state index contributed by atoms with van der Waals surface area (Å²) in [7, 11) is 0. The Labute approximate surface area is 153 Å². The highest BCUT2D eigenvalue weighted by molar-refractivity contribution is 5.73. The summed E-state index contributed by atoms with van der Waals surface area (Å²) in [5, 5.41) is 0. The van der Waals surface area contributed by atoms with Crippen LogP contribution in [-0.4, -0.2) is 68.1 Å². The first-order valence-corrected chi connectivity index (χ1v) is 9.39. The maximum atomic E-state index is 14.5. The van der Waals surface area contributed by atoms with Crippen LogP contribution in [0.5, 0.6) is 5.75 Å². The number of rotatable bonds is 5. The number of nitrogens with zero attached hydrogens (tertiary/aromatic N) is 3. The molecule has 0 atom stereocenters. The SMILES string of the molecule is CC(=O)N1CCN(c2c(F)cc(OCCN3CCCCC3)cc2F)CC1. The van der Waals surface area contributed by atoms with E-state index in [0.717, 1.165) is 19.6 Å². The average molecular weight is 367 g/mol. The van der Waals surface area contributed by atoms with Crippen LogP contribution in [0.3, 0.4) is 0 Å². The number of anilines is 1. The highest BCUT2D eigenvalue weighted by Crippen LogP contribution is 2.29. The Kier molecular flexibility index (Phi) is 6.29. The van der Waals surface area contributed by atoms with Gasteiger partial charge in [-0.3, -0.25) is 9.69 Å². The van der Waals surface area contributed by atoms with E-state index in [0.29, 0.717) is 32.8 Å². The summed E-state index contributed by atoms with van der Waals surface area (Å²) in [5.41, 5.74) is -0.0309. The Morgan fingerprint density at radius 3 is 2.19 bits per heavy atom. The first-order chi connectivity index (χ1) is 12.5. The second-order valence-electron chi connectivity index (χ2n) is 6.98. The molecule has 0 bridgehead atoms. The van der Waals surface area contributed by atoms with Gasteiger partial charge in [-0.05, 0) is 25.9 Å². The van der Waals surface area contributed by atoms with Gasteiger partial charge in [0.05, 0.1) is 0 Å². The Morgan fingerprint density at radius 1 is 1.00 bits per heavy atom. The van der Waals surface area contributed by atoms with Crippen LogP contribution in [0.2, 0.25) is 0 Å². The van der Waals surface area contributed by atoms with Crippen molar-refractivity contribution in [1.82, 2.24) is 9.80 Å². The molecule has 0 unspecified atom stereocenters. The molecule has 26 heavy (non-hydrogen) atoms. The van der Waals surface area contributed by atoms with Crippen LogP contribution >= 0.6 is 0 Å². The van der Waals surface area contributed by atoms with Gasteiger partial charge in [0, 0.05) is 51.8 Å². The lowest BCUT2D eigenvalue weighted by Gasteiger charge is -2.35. The molecule has 2 heterocycles. The van der Waals surface area contributed by atoms with Gasteiger partial charge in [0.15, 0.2) is 11.6 Å². The molecule has 144 valence electrons. The van der Waals surface area contributed by atoms with Crippen LogP contribution in [0, 0.1) is 11.6 Å². The van der Waals surface area contributed by atoms with E-state index in [-0.39, 0.29) is 17.3 Å². The average Bonchev–Trinajstić information content (AvgIpc) is 2.62. The molecular formula is C19H27F2N3O2. The van der Waals surface area contributed by atoms with Gasteiger partial charge in [-0.1, -0.05) is 6.42 Å². The summed E-state index contributed by atoms with van der Waals surface area (Å²) in [5.74, 6) is -1.02. The van der Waals surface area contributed by atoms with E-state index >= 15 is 0 Å². The summed E-state index contributed by atoms with van der Waals surface area (Å²) >= 11 is 0. The van der Waals surface area contributed by atoms with Crippen LogP contribution < -0.4 is 9.64 Å². The third-order valence-electron chi connectivity index (χ3n) is 5.16. The third-order valence-corrected chi connectivity index (χ3v) is 5.16. The standard InChI is InChI=1S/C19H27F2N3O2/c1-15(25)23-7-9-24(10-8-23)19-17(20)13-16(14-18(19)21)26-12-11-22-5-3-2-4-6-22/h13-14H,2-12H2,1H3.